The number of hydrogen-bond donors (Lipinski definition) is 1. The minimum Gasteiger partial charge on any atom is -0.459 e. The molecule has 0 aliphatic carbocycles. The van der Waals surface area contributed by atoms with E-state index in [1.165, 1.54) is 6.20 Å². The Hall–Kier alpha value is -2.44. The molecule has 0 aromatic carbocycles. The van der Waals surface area contributed by atoms with Gasteiger partial charge in [-0.3, -0.25) is 19.5 Å². The zero-order valence-electron chi connectivity index (χ0n) is 12.1. The second kappa shape index (κ2) is 5.51. The fourth-order valence-electron chi connectivity index (χ4n) is 1.94. The maximum atomic E-state index is 12.2. The topological polar surface area (TPSA) is 88.6 Å². The highest BCUT2D eigenvalue weighted by Crippen LogP contribution is 2.21. The predicted octanol–water partition coefficient (Wildman–Crippen LogP) is 1.02. The third-order valence-electron chi connectivity index (χ3n) is 2.75. The van der Waals surface area contributed by atoms with Crippen molar-refractivity contribution in [1.29, 1.82) is 0 Å². The van der Waals surface area contributed by atoms with Crippen LogP contribution in [-0.2, 0) is 14.3 Å². The van der Waals surface area contributed by atoms with E-state index in [0.29, 0.717) is 5.56 Å². The van der Waals surface area contributed by atoms with Crippen LogP contribution >= 0.6 is 0 Å². The smallest absolute Gasteiger partial charge is 0.326 e. The Balaban J connectivity index is 2.07. The first kappa shape index (κ1) is 15.0. The Morgan fingerprint density at radius 3 is 2.71 bits per heavy atom. The molecular weight excluding hydrogens is 274 g/mol. The fraction of sp³-hybridized carbons (Fsp3) is 0.429. The zero-order valence-corrected chi connectivity index (χ0v) is 12.1. The van der Waals surface area contributed by atoms with Gasteiger partial charge in [-0.2, -0.15) is 0 Å². The lowest BCUT2D eigenvalue weighted by Crippen LogP contribution is -2.38. The predicted molar refractivity (Wildman–Crippen MR) is 73.1 cm³/mol. The van der Waals surface area contributed by atoms with Crippen LogP contribution in [0.4, 0.5) is 4.79 Å². The standard InChI is InChI=1S/C14H17N3O4/c1-14(2,3)21-10(18)8-17-12(19)11(16-13(17)20)9-5-4-6-15-7-9/h4-7,11H,8H2,1-3H3,(H,16,20)/t11-/m1/s1. The van der Waals surface area contributed by atoms with Crippen molar-refractivity contribution < 1.29 is 19.1 Å². The summed E-state index contributed by atoms with van der Waals surface area (Å²) in [4.78, 5) is 40.6. The average molecular weight is 291 g/mol. The Labute approximate surface area is 122 Å². The summed E-state index contributed by atoms with van der Waals surface area (Å²) in [6.45, 7) is 4.75. The molecule has 1 aromatic heterocycles. The Morgan fingerprint density at radius 1 is 1.43 bits per heavy atom. The molecule has 1 N–H and O–H groups in total. The maximum absolute atomic E-state index is 12.2. The second-order valence-electron chi connectivity index (χ2n) is 5.68. The van der Waals surface area contributed by atoms with Crippen LogP contribution in [0.15, 0.2) is 24.5 Å². The largest absolute Gasteiger partial charge is 0.459 e. The Kier molecular flexibility index (Phi) is 3.93. The van der Waals surface area contributed by atoms with Gasteiger partial charge in [0.15, 0.2) is 0 Å². The van der Waals surface area contributed by atoms with Gasteiger partial charge in [0.25, 0.3) is 5.91 Å². The van der Waals surface area contributed by atoms with Gasteiger partial charge in [-0.15, -0.1) is 0 Å². The number of ether oxygens (including phenoxy) is 1. The molecule has 7 heteroatoms. The molecule has 1 aromatic rings. The molecule has 0 saturated carbocycles. The molecule has 1 atom stereocenters. The molecule has 1 aliphatic rings. The van der Waals surface area contributed by atoms with Crippen molar-refractivity contribution in [2.45, 2.75) is 32.4 Å². The van der Waals surface area contributed by atoms with Crippen molar-refractivity contribution >= 4 is 17.9 Å². The summed E-state index contributed by atoms with van der Waals surface area (Å²) in [6, 6.07) is 1.94. The average Bonchev–Trinajstić information content (AvgIpc) is 2.66. The van der Waals surface area contributed by atoms with Crippen molar-refractivity contribution in [3.05, 3.63) is 30.1 Å². The summed E-state index contributed by atoms with van der Waals surface area (Å²) in [6.07, 6.45) is 3.07. The molecule has 0 radical (unpaired) electrons. The summed E-state index contributed by atoms with van der Waals surface area (Å²) in [5.74, 6) is -1.11. The fourth-order valence-corrected chi connectivity index (χ4v) is 1.94. The van der Waals surface area contributed by atoms with Crippen LogP contribution in [0.25, 0.3) is 0 Å². The summed E-state index contributed by atoms with van der Waals surface area (Å²) < 4.78 is 5.11. The number of urea groups is 1. The summed E-state index contributed by atoms with van der Waals surface area (Å²) in [5, 5.41) is 2.53. The molecular formula is C14H17N3O4. The number of nitrogens with one attached hydrogen (secondary N) is 1. The van der Waals surface area contributed by atoms with Crippen LogP contribution in [0, 0.1) is 0 Å². The molecule has 0 spiro atoms. The molecule has 1 aliphatic heterocycles. The highest BCUT2D eigenvalue weighted by Gasteiger charge is 2.40. The molecule has 0 bridgehead atoms. The molecule has 2 heterocycles. The van der Waals surface area contributed by atoms with Gasteiger partial charge < -0.3 is 10.1 Å². The van der Waals surface area contributed by atoms with Gasteiger partial charge in [-0.1, -0.05) is 6.07 Å². The van der Waals surface area contributed by atoms with Crippen LogP contribution in [0.5, 0.6) is 0 Å². The van der Waals surface area contributed by atoms with E-state index < -0.39 is 36.1 Å². The van der Waals surface area contributed by atoms with Crippen molar-refractivity contribution in [3.8, 4) is 0 Å². The van der Waals surface area contributed by atoms with E-state index in [4.69, 9.17) is 4.74 Å². The first-order valence-corrected chi connectivity index (χ1v) is 6.51. The quantitative estimate of drug-likeness (QED) is 0.663. The third-order valence-corrected chi connectivity index (χ3v) is 2.75. The highest BCUT2D eigenvalue weighted by molar-refractivity contribution is 6.06. The Morgan fingerprint density at radius 2 is 2.14 bits per heavy atom. The number of amides is 3. The van der Waals surface area contributed by atoms with Crippen LogP contribution in [0.1, 0.15) is 32.4 Å². The molecule has 21 heavy (non-hydrogen) atoms. The van der Waals surface area contributed by atoms with Crippen molar-refractivity contribution in [1.82, 2.24) is 15.2 Å². The lowest BCUT2D eigenvalue weighted by Gasteiger charge is -2.21. The van der Waals surface area contributed by atoms with Gasteiger partial charge in [0, 0.05) is 18.0 Å². The number of nitrogens with zero attached hydrogens (tertiary/aromatic N) is 2. The number of esters is 1. The van der Waals surface area contributed by atoms with Gasteiger partial charge in [-0.25, -0.2) is 4.79 Å². The maximum Gasteiger partial charge on any atom is 0.326 e. The molecule has 1 saturated heterocycles. The highest BCUT2D eigenvalue weighted by atomic mass is 16.6. The van der Waals surface area contributed by atoms with E-state index in [1.54, 1.807) is 39.1 Å². The summed E-state index contributed by atoms with van der Waals surface area (Å²) >= 11 is 0. The van der Waals surface area contributed by atoms with E-state index in [-0.39, 0.29) is 0 Å². The number of rotatable bonds is 3. The van der Waals surface area contributed by atoms with E-state index in [2.05, 4.69) is 10.3 Å². The van der Waals surface area contributed by atoms with Crippen LogP contribution in [0.2, 0.25) is 0 Å². The van der Waals surface area contributed by atoms with Crippen LogP contribution in [-0.4, -0.2) is 39.9 Å². The van der Waals surface area contributed by atoms with Crippen LogP contribution in [0.3, 0.4) is 0 Å². The number of hydrogen-bond acceptors (Lipinski definition) is 5. The third kappa shape index (κ3) is 3.56. The first-order chi connectivity index (χ1) is 9.78. The number of carbonyl (C=O) groups excluding carboxylic acids is 3. The molecule has 0 unspecified atom stereocenters. The molecule has 7 nitrogen and oxygen atoms in total. The van der Waals surface area contributed by atoms with E-state index in [0.717, 1.165) is 4.90 Å². The van der Waals surface area contributed by atoms with Crippen molar-refractivity contribution in [2.24, 2.45) is 0 Å². The van der Waals surface area contributed by atoms with Gasteiger partial charge in [-0.05, 0) is 26.8 Å². The van der Waals surface area contributed by atoms with Gasteiger partial charge in [0.05, 0.1) is 0 Å². The van der Waals surface area contributed by atoms with Gasteiger partial charge in [0.1, 0.15) is 18.2 Å². The number of aromatic nitrogens is 1. The van der Waals surface area contributed by atoms with E-state index in [9.17, 15) is 14.4 Å². The lowest BCUT2D eigenvalue weighted by molar-refractivity contribution is -0.157. The molecule has 3 amide bonds. The lowest BCUT2D eigenvalue weighted by atomic mass is 10.1. The minimum absolute atomic E-state index is 0.404. The Bertz CT molecular complexity index is 565. The first-order valence-electron chi connectivity index (χ1n) is 6.51. The van der Waals surface area contributed by atoms with Crippen molar-refractivity contribution in [3.63, 3.8) is 0 Å². The van der Waals surface area contributed by atoms with Crippen molar-refractivity contribution in [2.75, 3.05) is 6.54 Å². The van der Waals surface area contributed by atoms with Crippen LogP contribution < -0.4 is 5.32 Å². The number of pyridine rings is 1. The second-order valence-corrected chi connectivity index (χ2v) is 5.68. The number of carbonyl (C=O) groups is 3. The van der Waals surface area contributed by atoms with E-state index >= 15 is 0 Å². The summed E-state index contributed by atoms with van der Waals surface area (Å²) in [5.41, 5.74) is -0.0958. The summed E-state index contributed by atoms with van der Waals surface area (Å²) in [7, 11) is 0. The van der Waals surface area contributed by atoms with Gasteiger partial charge in [0.2, 0.25) is 0 Å². The monoisotopic (exact) mass is 291 g/mol. The molecule has 1 fully saturated rings. The zero-order chi connectivity index (χ0) is 15.6. The number of imide groups is 1. The van der Waals surface area contributed by atoms with Gasteiger partial charge >= 0.3 is 12.0 Å². The van der Waals surface area contributed by atoms with E-state index in [1.807, 2.05) is 0 Å². The normalized spacial score (nSPS) is 18.6. The SMILES string of the molecule is CC(C)(C)OC(=O)CN1C(=O)N[C@H](c2cccnc2)C1=O. The molecule has 2 rings (SSSR count). The minimum atomic E-state index is -0.811. The molecule has 112 valence electrons.